The number of benzene rings is 1. The van der Waals surface area contributed by atoms with Gasteiger partial charge in [0.15, 0.2) is 0 Å². The molecule has 0 radical (unpaired) electrons. The molecule has 116 valence electrons. The van der Waals surface area contributed by atoms with Crippen LogP contribution >= 0.6 is 0 Å². The first-order valence-corrected chi connectivity index (χ1v) is 8.56. The van der Waals surface area contributed by atoms with Gasteiger partial charge in [-0.1, -0.05) is 25.5 Å². The Morgan fingerprint density at radius 1 is 1.33 bits per heavy atom. The van der Waals surface area contributed by atoms with Crippen molar-refractivity contribution in [3.63, 3.8) is 0 Å². The van der Waals surface area contributed by atoms with E-state index in [1.807, 2.05) is 0 Å². The van der Waals surface area contributed by atoms with Crippen molar-refractivity contribution in [2.45, 2.75) is 45.1 Å². The molecule has 1 aromatic carbocycles. The summed E-state index contributed by atoms with van der Waals surface area (Å²) in [5, 5.41) is 3.52. The fourth-order valence-electron chi connectivity index (χ4n) is 3.56. The molecular formula is C18H28N2O. The van der Waals surface area contributed by atoms with Crippen LogP contribution in [-0.4, -0.2) is 43.7 Å². The smallest absolute Gasteiger partial charge is 0.122 e. The average Bonchev–Trinajstić information content (AvgIpc) is 2.99. The van der Waals surface area contributed by atoms with Gasteiger partial charge in [-0.05, 0) is 49.5 Å². The lowest BCUT2D eigenvalue weighted by molar-refractivity contribution is 0.147. The van der Waals surface area contributed by atoms with Gasteiger partial charge in [0.25, 0.3) is 0 Å². The largest absolute Gasteiger partial charge is 0.493 e. The Balaban J connectivity index is 1.55. The van der Waals surface area contributed by atoms with E-state index in [4.69, 9.17) is 4.74 Å². The predicted molar refractivity (Wildman–Crippen MR) is 87.1 cm³/mol. The van der Waals surface area contributed by atoms with Crippen LogP contribution in [0.4, 0.5) is 0 Å². The third-order valence-electron chi connectivity index (χ3n) is 4.82. The molecule has 1 saturated heterocycles. The first-order valence-electron chi connectivity index (χ1n) is 8.56. The Bertz CT molecular complexity index is 461. The molecule has 2 aliphatic heterocycles. The van der Waals surface area contributed by atoms with E-state index < -0.39 is 0 Å². The van der Waals surface area contributed by atoms with Crippen LogP contribution in [0.1, 0.15) is 37.3 Å². The molecule has 1 atom stereocenters. The number of nitrogens with one attached hydrogen (secondary N) is 1. The number of rotatable bonds is 6. The Hall–Kier alpha value is -1.06. The van der Waals surface area contributed by atoms with Gasteiger partial charge in [0.2, 0.25) is 0 Å². The van der Waals surface area contributed by atoms with Gasteiger partial charge in [0, 0.05) is 25.6 Å². The maximum absolute atomic E-state index is 5.59. The number of likely N-dealkylation sites (N-methyl/N-ethyl adjacent to an activating group) is 1. The third-order valence-corrected chi connectivity index (χ3v) is 4.82. The van der Waals surface area contributed by atoms with Gasteiger partial charge >= 0.3 is 0 Å². The maximum atomic E-state index is 5.59. The fourth-order valence-corrected chi connectivity index (χ4v) is 3.56. The number of hydrogen-bond donors (Lipinski definition) is 1. The molecule has 1 fully saturated rings. The van der Waals surface area contributed by atoms with Crippen molar-refractivity contribution in [3.05, 3.63) is 29.3 Å². The highest BCUT2D eigenvalue weighted by atomic mass is 16.5. The minimum Gasteiger partial charge on any atom is -0.493 e. The van der Waals surface area contributed by atoms with Crippen LogP contribution in [0.5, 0.6) is 5.75 Å². The van der Waals surface area contributed by atoms with E-state index in [0.717, 1.165) is 44.3 Å². The molecule has 0 bridgehead atoms. The van der Waals surface area contributed by atoms with Gasteiger partial charge in [-0.3, -0.25) is 4.90 Å². The molecule has 2 aliphatic rings. The summed E-state index contributed by atoms with van der Waals surface area (Å²) < 4.78 is 5.59. The zero-order valence-electron chi connectivity index (χ0n) is 13.2. The van der Waals surface area contributed by atoms with Crippen molar-refractivity contribution in [1.82, 2.24) is 10.2 Å². The molecule has 3 rings (SSSR count). The third kappa shape index (κ3) is 3.78. The van der Waals surface area contributed by atoms with E-state index in [-0.39, 0.29) is 0 Å². The number of likely N-dealkylation sites (tertiary alicyclic amines) is 1. The van der Waals surface area contributed by atoms with Crippen LogP contribution in [0, 0.1) is 0 Å². The second kappa shape index (κ2) is 7.28. The summed E-state index contributed by atoms with van der Waals surface area (Å²) in [5.74, 6) is 1.10. The van der Waals surface area contributed by atoms with Crippen LogP contribution in [-0.2, 0) is 12.8 Å². The van der Waals surface area contributed by atoms with Gasteiger partial charge in [0.05, 0.1) is 6.61 Å². The zero-order valence-corrected chi connectivity index (χ0v) is 13.2. The molecule has 0 saturated carbocycles. The standard InChI is InChI=1S/C18H28N2O/c1-2-19-14-17-5-3-4-10-20(17)11-8-15-6-7-18-16(13-15)9-12-21-18/h6-7,13,17,19H,2-5,8-12,14H2,1H3. The highest BCUT2D eigenvalue weighted by Gasteiger charge is 2.21. The molecule has 3 nitrogen and oxygen atoms in total. The first kappa shape index (κ1) is 14.9. The van der Waals surface area contributed by atoms with Crippen molar-refractivity contribution in [2.75, 3.05) is 32.8 Å². The first-order chi connectivity index (χ1) is 10.4. The molecule has 21 heavy (non-hydrogen) atoms. The van der Waals surface area contributed by atoms with Crippen LogP contribution in [0.3, 0.4) is 0 Å². The number of piperidine rings is 1. The van der Waals surface area contributed by atoms with Crippen molar-refractivity contribution < 1.29 is 4.74 Å². The van der Waals surface area contributed by atoms with E-state index in [0.29, 0.717) is 0 Å². The summed E-state index contributed by atoms with van der Waals surface area (Å²) in [6.07, 6.45) is 6.35. The van der Waals surface area contributed by atoms with Crippen LogP contribution in [0.25, 0.3) is 0 Å². The summed E-state index contributed by atoms with van der Waals surface area (Å²) in [6.45, 7) is 7.74. The Kier molecular flexibility index (Phi) is 5.15. The van der Waals surface area contributed by atoms with Crippen molar-refractivity contribution in [2.24, 2.45) is 0 Å². The Labute approximate surface area is 128 Å². The summed E-state index contributed by atoms with van der Waals surface area (Å²) >= 11 is 0. The summed E-state index contributed by atoms with van der Waals surface area (Å²) in [7, 11) is 0. The summed E-state index contributed by atoms with van der Waals surface area (Å²) in [4.78, 5) is 2.69. The second-order valence-corrected chi connectivity index (χ2v) is 6.28. The molecule has 1 N–H and O–H groups in total. The molecule has 3 heteroatoms. The number of nitrogens with zero attached hydrogens (tertiary/aromatic N) is 1. The monoisotopic (exact) mass is 288 g/mol. The van der Waals surface area contributed by atoms with Crippen LogP contribution in [0.15, 0.2) is 18.2 Å². The quantitative estimate of drug-likeness (QED) is 0.871. The maximum Gasteiger partial charge on any atom is 0.122 e. The molecule has 0 aromatic heterocycles. The van der Waals surface area contributed by atoms with Crippen molar-refractivity contribution in [3.8, 4) is 5.75 Å². The van der Waals surface area contributed by atoms with Gasteiger partial charge in [-0.25, -0.2) is 0 Å². The molecule has 2 heterocycles. The van der Waals surface area contributed by atoms with Crippen LogP contribution in [0.2, 0.25) is 0 Å². The van der Waals surface area contributed by atoms with Gasteiger partial charge in [-0.15, -0.1) is 0 Å². The van der Waals surface area contributed by atoms with Gasteiger partial charge < -0.3 is 10.1 Å². The minimum absolute atomic E-state index is 0.733. The van der Waals surface area contributed by atoms with E-state index in [9.17, 15) is 0 Å². The lowest BCUT2D eigenvalue weighted by Crippen LogP contribution is -2.46. The normalized spacial score (nSPS) is 22.0. The SMILES string of the molecule is CCNCC1CCCCN1CCc1ccc2c(c1)CCO2. The van der Waals surface area contributed by atoms with E-state index >= 15 is 0 Å². The summed E-state index contributed by atoms with van der Waals surface area (Å²) in [6, 6.07) is 7.49. The highest BCUT2D eigenvalue weighted by molar-refractivity contribution is 5.39. The molecule has 0 amide bonds. The predicted octanol–water partition coefficient (Wildman–Crippen LogP) is 2.63. The molecule has 1 aromatic rings. The van der Waals surface area contributed by atoms with Crippen molar-refractivity contribution >= 4 is 0 Å². The average molecular weight is 288 g/mol. The minimum atomic E-state index is 0.733. The van der Waals surface area contributed by atoms with Gasteiger partial charge in [-0.2, -0.15) is 0 Å². The number of ether oxygens (including phenoxy) is 1. The topological polar surface area (TPSA) is 24.5 Å². The Morgan fingerprint density at radius 2 is 2.29 bits per heavy atom. The fraction of sp³-hybridized carbons (Fsp3) is 0.667. The molecular weight excluding hydrogens is 260 g/mol. The van der Waals surface area contributed by atoms with E-state index in [2.05, 4.69) is 35.3 Å². The molecule has 0 aliphatic carbocycles. The summed E-state index contributed by atoms with van der Waals surface area (Å²) in [5.41, 5.74) is 2.86. The van der Waals surface area contributed by atoms with Crippen molar-refractivity contribution in [1.29, 1.82) is 0 Å². The second-order valence-electron chi connectivity index (χ2n) is 6.28. The number of hydrogen-bond acceptors (Lipinski definition) is 3. The number of fused-ring (bicyclic) bond motifs is 1. The van der Waals surface area contributed by atoms with Crippen LogP contribution < -0.4 is 10.1 Å². The zero-order chi connectivity index (χ0) is 14.5. The van der Waals surface area contributed by atoms with E-state index in [1.165, 1.54) is 43.5 Å². The highest BCUT2D eigenvalue weighted by Crippen LogP contribution is 2.26. The molecule has 0 spiro atoms. The lowest BCUT2D eigenvalue weighted by atomic mass is 10.0. The lowest BCUT2D eigenvalue weighted by Gasteiger charge is -2.36. The Morgan fingerprint density at radius 3 is 3.19 bits per heavy atom. The van der Waals surface area contributed by atoms with Gasteiger partial charge in [0.1, 0.15) is 5.75 Å². The van der Waals surface area contributed by atoms with E-state index in [1.54, 1.807) is 0 Å². The molecule has 1 unspecified atom stereocenters.